The number of ether oxygens (including phenoxy) is 1. The first-order valence-corrected chi connectivity index (χ1v) is 6.71. The van der Waals surface area contributed by atoms with E-state index in [1.165, 1.54) is 6.07 Å². The highest BCUT2D eigenvalue weighted by Crippen LogP contribution is 2.25. The van der Waals surface area contributed by atoms with Crippen molar-refractivity contribution in [3.05, 3.63) is 65.0 Å². The number of rotatable bonds is 5. The lowest BCUT2D eigenvalue weighted by atomic mass is 9.97. The Hall–Kier alpha value is -1.87. The fraction of sp³-hybridized carbons (Fsp3) is 0.294. The van der Waals surface area contributed by atoms with Gasteiger partial charge >= 0.3 is 0 Å². The Morgan fingerprint density at radius 3 is 2.60 bits per heavy atom. The molecule has 0 aliphatic carbocycles. The molecule has 1 atom stereocenters. The summed E-state index contributed by atoms with van der Waals surface area (Å²) in [5.74, 6) is 0.715. The van der Waals surface area contributed by atoms with Gasteiger partial charge in [0.25, 0.3) is 0 Å². The molecule has 20 heavy (non-hydrogen) atoms. The summed E-state index contributed by atoms with van der Waals surface area (Å²) in [6.07, 6.45) is 0.797. The molecule has 0 radical (unpaired) electrons. The Morgan fingerprint density at radius 2 is 1.95 bits per heavy atom. The van der Waals surface area contributed by atoms with Crippen LogP contribution in [0.1, 0.15) is 22.7 Å². The van der Waals surface area contributed by atoms with Crippen LogP contribution >= 0.6 is 0 Å². The van der Waals surface area contributed by atoms with E-state index in [9.17, 15) is 4.39 Å². The van der Waals surface area contributed by atoms with Crippen molar-refractivity contribution in [3.63, 3.8) is 0 Å². The van der Waals surface area contributed by atoms with Gasteiger partial charge < -0.3 is 10.1 Å². The highest BCUT2D eigenvalue weighted by Gasteiger charge is 2.13. The zero-order chi connectivity index (χ0) is 14.5. The van der Waals surface area contributed by atoms with Crippen molar-refractivity contribution in [2.24, 2.45) is 0 Å². The number of likely N-dealkylation sites (N-methyl/N-ethyl adjacent to an activating group) is 1. The summed E-state index contributed by atoms with van der Waals surface area (Å²) >= 11 is 0. The van der Waals surface area contributed by atoms with Gasteiger partial charge in [0.15, 0.2) is 0 Å². The minimum atomic E-state index is -0.166. The Morgan fingerprint density at radius 1 is 1.20 bits per heavy atom. The number of methoxy groups -OCH3 is 1. The lowest BCUT2D eigenvalue weighted by Crippen LogP contribution is -2.19. The van der Waals surface area contributed by atoms with Crippen LogP contribution in [0.5, 0.6) is 5.75 Å². The van der Waals surface area contributed by atoms with E-state index in [2.05, 4.69) is 11.4 Å². The average Bonchev–Trinajstić information content (AvgIpc) is 2.48. The first-order chi connectivity index (χ1) is 9.65. The van der Waals surface area contributed by atoms with Crippen molar-refractivity contribution in [1.82, 2.24) is 5.32 Å². The molecule has 0 aliphatic rings. The molecule has 0 aromatic heterocycles. The lowest BCUT2D eigenvalue weighted by molar-refractivity contribution is 0.406. The monoisotopic (exact) mass is 273 g/mol. The Kier molecular flexibility index (Phi) is 4.74. The number of nitrogens with one attached hydrogen (secondary N) is 1. The molecule has 3 heteroatoms. The summed E-state index contributed by atoms with van der Waals surface area (Å²) < 4.78 is 18.8. The van der Waals surface area contributed by atoms with Crippen LogP contribution in [0, 0.1) is 12.7 Å². The van der Waals surface area contributed by atoms with Gasteiger partial charge in [-0.3, -0.25) is 0 Å². The van der Waals surface area contributed by atoms with Gasteiger partial charge in [-0.05, 0) is 49.2 Å². The third kappa shape index (κ3) is 3.17. The standard InChI is InChI=1S/C17H20FNO/c1-12-10-13(8-9-15(12)18)16(19-2)11-14-6-4-5-7-17(14)20-3/h4-10,16,19H,11H2,1-3H3. The second kappa shape index (κ2) is 6.53. The fourth-order valence-corrected chi connectivity index (χ4v) is 2.36. The third-order valence-electron chi connectivity index (χ3n) is 3.55. The Labute approximate surface area is 119 Å². The van der Waals surface area contributed by atoms with Crippen molar-refractivity contribution in [2.75, 3.05) is 14.2 Å². The predicted molar refractivity (Wildman–Crippen MR) is 79.6 cm³/mol. The average molecular weight is 273 g/mol. The molecule has 0 spiro atoms. The molecule has 2 rings (SSSR count). The maximum atomic E-state index is 13.4. The van der Waals surface area contributed by atoms with E-state index in [0.717, 1.165) is 23.3 Å². The lowest BCUT2D eigenvalue weighted by Gasteiger charge is -2.19. The summed E-state index contributed by atoms with van der Waals surface area (Å²) in [6, 6.07) is 13.4. The van der Waals surface area contributed by atoms with Gasteiger partial charge in [0.2, 0.25) is 0 Å². The van der Waals surface area contributed by atoms with Gasteiger partial charge in [0.05, 0.1) is 7.11 Å². The summed E-state index contributed by atoms with van der Waals surface area (Å²) in [5, 5.41) is 3.29. The molecule has 0 saturated carbocycles. The second-order valence-corrected chi connectivity index (χ2v) is 4.87. The Balaban J connectivity index is 2.26. The van der Waals surface area contributed by atoms with Crippen molar-refractivity contribution >= 4 is 0 Å². The van der Waals surface area contributed by atoms with E-state index in [1.807, 2.05) is 37.4 Å². The van der Waals surface area contributed by atoms with Gasteiger partial charge in [0, 0.05) is 6.04 Å². The van der Waals surface area contributed by atoms with Crippen LogP contribution in [0.15, 0.2) is 42.5 Å². The molecular weight excluding hydrogens is 253 g/mol. The van der Waals surface area contributed by atoms with Gasteiger partial charge in [-0.15, -0.1) is 0 Å². The van der Waals surface area contributed by atoms with E-state index in [0.29, 0.717) is 5.56 Å². The number of halogens is 1. The number of benzene rings is 2. The van der Waals surface area contributed by atoms with Crippen molar-refractivity contribution in [2.45, 2.75) is 19.4 Å². The topological polar surface area (TPSA) is 21.3 Å². The summed E-state index contributed by atoms with van der Waals surface area (Å²) in [5.41, 5.74) is 2.89. The van der Waals surface area contributed by atoms with Crippen LogP contribution < -0.4 is 10.1 Å². The van der Waals surface area contributed by atoms with Crippen LogP contribution in [0.4, 0.5) is 4.39 Å². The smallest absolute Gasteiger partial charge is 0.126 e. The zero-order valence-electron chi connectivity index (χ0n) is 12.1. The molecule has 1 N–H and O–H groups in total. The van der Waals surface area contributed by atoms with Crippen LogP contribution in [0.3, 0.4) is 0 Å². The first kappa shape index (κ1) is 14.5. The molecule has 0 bridgehead atoms. The van der Waals surface area contributed by atoms with Crippen molar-refractivity contribution in [1.29, 1.82) is 0 Å². The van der Waals surface area contributed by atoms with Crippen LogP contribution in [0.25, 0.3) is 0 Å². The van der Waals surface area contributed by atoms with Crippen molar-refractivity contribution < 1.29 is 9.13 Å². The van der Waals surface area contributed by atoms with Crippen LogP contribution in [-0.2, 0) is 6.42 Å². The largest absolute Gasteiger partial charge is 0.496 e. The minimum absolute atomic E-state index is 0.130. The molecule has 0 heterocycles. The van der Waals surface area contributed by atoms with E-state index < -0.39 is 0 Å². The second-order valence-electron chi connectivity index (χ2n) is 4.87. The molecule has 0 fully saturated rings. The zero-order valence-corrected chi connectivity index (χ0v) is 12.1. The SMILES string of the molecule is CNC(Cc1ccccc1OC)c1ccc(F)c(C)c1. The predicted octanol–water partition coefficient (Wildman–Crippen LogP) is 3.65. The first-order valence-electron chi connectivity index (χ1n) is 6.71. The number of hydrogen-bond donors (Lipinski definition) is 1. The molecule has 2 nitrogen and oxygen atoms in total. The van der Waals surface area contributed by atoms with E-state index >= 15 is 0 Å². The fourth-order valence-electron chi connectivity index (χ4n) is 2.36. The van der Waals surface area contributed by atoms with Crippen LogP contribution in [0.2, 0.25) is 0 Å². The van der Waals surface area contributed by atoms with E-state index in [4.69, 9.17) is 4.74 Å². The maximum absolute atomic E-state index is 13.4. The molecule has 0 saturated heterocycles. The van der Waals surface area contributed by atoms with Crippen molar-refractivity contribution in [3.8, 4) is 5.75 Å². The van der Waals surface area contributed by atoms with Gasteiger partial charge in [-0.2, -0.15) is 0 Å². The van der Waals surface area contributed by atoms with E-state index in [-0.39, 0.29) is 11.9 Å². The molecule has 0 aliphatic heterocycles. The van der Waals surface area contributed by atoms with Gasteiger partial charge in [0.1, 0.15) is 11.6 Å². The quantitative estimate of drug-likeness (QED) is 0.898. The normalized spacial score (nSPS) is 12.2. The summed E-state index contributed by atoms with van der Waals surface area (Å²) in [7, 11) is 3.59. The molecule has 0 amide bonds. The number of aryl methyl sites for hydroxylation is 1. The summed E-state index contributed by atoms with van der Waals surface area (Å²) in [4.78, 5) is 0. The molecular formula is C17H20FNO. The minimum Gasteiger partial charge on any atom is -0.496 e. The molecule has 2 aromatic rings. The highest BCUT2D eigenvalue weighted by molar-refractivity contribution is 5.36. The van der Waals surface area contributed by atoms with Gasteiger partial charge in [-0.1, -0.05) is 30.3 Å². The summed E-state index contributed by atoms with van der Waals surface area (Å²) in [6.45, 7) is 1.79. The third-order valence-corrected chi connectivity index (χ3v) is 3.55. The number of hydrogen-bond acceptors (Lipinski definition) is 2. The molecule has 106 valence electrons. The molecule has 1 unspecified atom stereocenters. The highest BCUT2D eigenvalue weighted by atomic mass is 19.1. The van der Waals surface area contributed by atoms with Crippen LogP contribution in [-0.4, -0.2) is 14.2 Å². The Bertz CT molecular complexity index is 583. The number of para-hydroxylation sites is 1. The molecule has 2 aromatic carbocycles. The van der Waals surface area contributed by atoms with Gasteiger partial charge in [-0.25, -0.2) is 4.39 Å². The van der Waals surface area contributed by atoms with E-state index in [1.54, 1.807) is 14.0 Å². The maximum Gasteiger partial charge on any atom is 0.126 e.